The van der Waals surface area contributed by atoms with Crippen LogP contribution in [0.3, 0.4) is 0 Å². The van der Waals surface area contributed by atoms with Gasteiger partial charge in [-0.3, -0.25) is 9.59 Å². The monoisotopic (exact) mass is 355 g/mol. The maximum Gasteiger partial charge on any atom is 0.273 e. The van der Waals surface area contributed by atoms with Crippen LogP contribution in [0.1, 0.15) is 34.5 Å². The molecule has 0 atom stereocenters. The molecule has 0 N–H and O–H groups in total. The molecule has 2 aliphatic rings. The van der Waals surface area contributed by atoms with Crippen LogP contribution in [0.5, 0.6) is 0 Å². The summed E-state index contributed by atoms with van der Waals surface area (Å²) in [7, 11) is 1.89. The molecule has 130 valence electrons. The highest BCUT2D eigenvalue weighted by molar-refractivity contribution is 7.07. The van der Waals surface area contributed by atoms with E-state index in [1.54, 1.807) is 10.9 Å². The van der Waals surface area contributed by atoms with E-state index in [2.05, 4.69) is 17.1 Å². The number of amides is 2. The number of hydrogen-bond acceptors (Lipinski definition) is 4. The third-order valence-electron chi connectivity index (χ3n) is 5.51. The van der Waals surface area contributed by atoms with Crippen LogP contribution in [0, 0.1) is 5.41 Å². The van der Waals surface area contributed by atoms with Crippen LogP contribution in [0.25, 0.3) is 0 Å². The molecular formula is C19H21N3O2S. The van der Waals surface area contributed by atoms with Crippen molar-refractivity contribution in [3.05, 3.63) is 52.0 Å². The van der Waals surface area contributed by atoms with E-state index in [0.717, 1.165) is 6.42 Å². The van der Waals surface area contributed by atoms with Crippen LogP contribution < -0.4 is 0 Å². The molecule has 2 aliphatic heterocycles. The molecule has 6 heteroatoms. The normalized spacial score (nSPS) is 19.6. The molecular weight excluding hydrogens is 334 g/mol. The van der Waals surface area contributed by atoms with Gasteiger partial charge in [-0.05, 0) is 30.4 Å². The van der Waals surface area contributed by atoms with Crippen molar-refractivity contribution in [3.63, 3.8) is 0 Å². The van der Waals surface area contributed by atoms with Crippen molar-refractivity contribution >= 4 is 23.2 Å². The minimum absolute atomic E-state index is 0.0223. The third-order valence-corrected chi connectivity index (χ3v) is 6.10. The molecule has 0 saturated carbocycles. The van der Waals surface area contributed by atoms with Crippen LogP contribution in [-0.4, -0.2) is 46.7 Å². The Bertz CT molecular complexity index is 795. The molecule has 0 unspecified atom stereocenters. The Hall–Kier alpha value is -2.21. The fourth-order valence-electron chi connectivity index (χ4n) is 4.07. The molecule has 0 radical (unpaired) electrons. The molecule has 25 heavy (non-hydrogen) atoms. The molecule has 1 aromatic carbocycles. The average molecular weight is 355 g/mol. The summed E-state index contributed by atoms with van der Waals surface area (Å²) in [6.45, 7) is 1.88. The molecule has 1 spiro atoms. The van der Waals surface area contributed by atoms with Gasteiger partial charge in [0.05, 0.1) is 10.9 Å². The highest BCUT2D eigenvalue weighted by Crippen LogP contribution is 2.40. The first kappa shape index (κ1) is 16.3. The van der Waals surface area contributed by atoms with Crippen molar-refractivity contribution in [1.82, 2.24) is 14.8 Å². The van der Waals surface area contributed by atoms with Gasteiger partial charge in [-0.25, -0.2) is 4.98 Å². The maximum atomic E-state index is 13.1. The Morgan fingerprint density at radius 2 is 1.92 bits per heavy atom. The zero-order chi connectivity index (χ0) is 17.4. The minimum Gasteiger partial charge on any atom is -0.341 e. The van der Waals surface area contributed by atoms with Gasteiger partial charge in [0.25, 0.3) is 5.91 Å². The molecule has 2 aromatic rings. The summed E-state index contributed by atoms with van der Waals surface area (Å²) in [5.41, 5.74) is 4.30. The summed E-state index contributed by atoms with van der Waals surface area (Å²) in [5.74, 6) is 0.190. The van der Waals surface area contributed by atoms with E-state index in [4.69, 9.17) is 0 Å². The molecule has 1 fully saturated rings. The Labute approximate surface area is 151 Å². The molecule has 1 aromatic heterocycles. The maximum absolute atomic E-state index is 13.1. The van der Waals surface area contributed by atoms with Crippen molar-refractivity contribution in [3.8, 4) is 0 Å². The van der Waals surface area contributed by atoms with Gasteiger partial charge in [0, 0.05) is 32.1 Å². The lowest BCUT2D eigenvalue weighted by molar-refractivity contribution is -0.143. The van der Waals surface area contributed by atoms with Crippen LogP contribution in [-0.2, 0) is 17.8 Å². The third kappa shape index (κ3) is 2.84. The summed E-state index contributed by atoms with van der Waals surface area (Å²) in [4.78, 5) is 33.4. The molecule has 0 aliphatic carbocycles. The van der Waals surface area contributed by atoms with Gasteiger partial charge in [-0.1, -0.05) is 24.3 Å². The van der Waals surface area contributed by atoms with Crippen molar-refractivity contribution in [1.29, 1.82) is 0 Å². The van der Waals surface area contributed by atoms with Gasteiger partial charge in [-0.15, -0.1) is 11.3 Å². The lowest BCUT2D eigenvalue weighted by atomic mass is 9.73. The first-order valence-electron chi connectivity index (χ1n) is 8.59. The Morgan fingerprint density at radius 1 is 1.20 bits per heavy atom. The highest BCUT2D eigenvalue weighted by atomic mass is 32.1. The number of piperidine rings is 1. The number of rotatable bonds is 1. The molecule has 0 bridgehead atoms. The van der Waals surface area contributed by atoms with E-state index in [-0.39, 0.29) is 17.2 Å². The predicted octanol–water partition coefficient (Wildman–Crippen LogP) is 2.58. The number of carbonyl (C=O) groups is 2. The SMILES string of the molecule is CN1Cc2ccccc2CC2(CCN(C(=O)c3cscn3)CC2)C1=O. The smallest absolute Gasteiger partial charge is 0.273 e. The molecule has 5 nitrogen and oxygen atoms in total. The van der Waals surface area contributed by atoms with Gasteiger partial charge in [-0.2, -0.15) is 0 Å². The summed E-state index contributed by atoms with van der Waals surface area (Å²) in [5, 5.41) is 1.79. The number of thiazole rings is 1. The lowest BCUT2D eigenvalue weighted by Crippen LogP contribution is -2.50. The summed E-state index contributed by atoms with van der Waals surface area (Å²) >= 11 is 1.43. The topological polar surface area (TPSA) is 53.5 Å². The van der Waals surface area contributed by atoms with Crippen LogP contribution in [0.4, 0.5) is 0 Å². The zero-order valence-electron chi connectivity index (χ0n) is 14.3. The minimum atomic E-state index is -0.389. The van der Waals surface area contributed by atoms with Crippen molar-refractivity contribution in [2.75, 3.05) is 20.1 Å². The van der Waals surface area contributed by atoms with E-state index in [0.29, 0.717) is 38.2 Å². The van der Waals surface area contributed by atoms with Gasteiger partial charge in [0.15, 0.2) is 0 Å². The van der Waals surface area contributed by atoms with Crippen molar-refractivity contribution < 1.29 is 9.59 Å². The number of hydrogen-bond donors (Lipinski definition) is 0. The second-order valence-corrected chi connectivity index (χ2v) is 7.77. The second-order valence-electron chi connectivity index (χ2n) is 7.05. The standard InChI is InChI=1S/C19H21N3O2S/c1-21-11-15-5-3-2-4-14(15)10-19(18(21)24)6-8-22(9-7-19)17(23)16-12-25-13-20-16/h2-5,12-13H,6-11H2,1H3. The van der Waals surface area contributed by atoms with Crippen LogP contribution in [0.2, 0.25) is 0 Å². The second kappa shape index (κ2) is 6.26. The number of likely N-dealkylation sites (tertiary alicyclic amines) is 1. The largest absolute Gasteiger partial charge is 0.341 e. The lowest BCUT2D eigenvalue weighted by Gasteiger charge is -2.41. The Balaban J connectivity index is 1.56. The highest BCUT2D eigenvalue weighted by Gasteiger charge is 2.45. The summed E-state index contributed by atoms with van der Waals surface area (Å²) < 4.78 is 0. The average Bonchev–Trinajstić information content (AvgIpc) is 3.14. The van der Waals surface area contributed by atoms with Crippen LogP contribution in [0.15, 0.2) is 35.2 Å². The van der Waals surface area contributed by atoms with E-state index in [9.17, 15) is 9.59 Å². The number of benzene rings is 1. The Kier molecular flexibility index (Phi) is 4.07. The fraction of sp³-hybridized carbons (Fsp3) is 0.421. The summed E-state index contributed by atoms with van der Waals surface area (Å²) in [6.07, 6.45) is 2.19. The van der Waals surface area contributed by atoms with E-state index in [1.165, 1.54) is 22.5 Å². The molecule has 1 saturated heterocycles. The number of aromatic nitrogens is 1. The van der Waals surface area contributed by atoms with E-state index in [1.807, 2.05) is 29.0 Å². The molecule has 4 rings (SSSR count). The van der Waals surface area contributed by atoms with Gasteiger partial charge >= 0.3 is 0 Å². The first-order chi connectivity index (χ1) is 12.1. The fourth-order valence-corrected chi connectivity index (χ4v) is 4.59. The molecule has 3 heterocycles. The van der Waals surface area contributed by atoms with Gasteiger partial charge in [0.1, 0.15) is 5.69 Å². The quantitative estimate of drug-likeness (QED) is 0.790. The predicted molar refractivity (Wildman–Crippen MR) is 96.3 cm³/mol. The van der Waals surface area contributed by atoms with E-state index < -0.39 is 0 Å². The zero-order valence-corrected chi connectivity index (χ0v) is 15.1. The van der Waals surface area contributed by atoms with Gasteiger partial charge in [0.2, 0.25) is 5.91 Å². The van der Waals surface area contributed by atoms with Crippen molar-refractivity contribution in [2.24, 2.45) is 5.41 Å². The molecule has 2 amide bonds. The summed E-state index contributed by atoms with van der Waals surface area (Å²) in [6, 6.07) is 8.32. The Morgan fingerprint density at radius 3 is 2.60 bits per heavy atom. The number of fused-ring (bicyclic) bond motifs is 1. The first-order valence-corrected chi connectivity index (χ1v) is 9.53. The van der Waals surface area contributed by atoms with Crippen molar-refractivity contribution in [2.45, 2.75) is 25.8 Å². The van der Waals surface area contributed by atoms with Gasteiger partial charge < -0.3 is 9.80 Å². The van der Waals surface area contributed by atoms with Crippen LogP contribution >= 0.6 is 11.3 Å². The number of carbonyl (C=O) groups excluding carboxylic acids is 2. The number of nitrogens with zero attached hydrogens (tertiary/aromatic N) is 3. The van der Waals surface area contributed by atoms with E-state index >= 15 is 0 Å².